The minimum atomic E-state index is -0.0153. The third-order valence-electron chi connectivity index (χ3n) is 3.73. The summed E-state index contributed by atoms with van der Waals surface area (Å²) in [7, 11) is 1.67. The number of carbonyl (C=O) groups excluding carboxylic acids is 1. The number of nitrogens with one attached hydrogen (secondary N) is 1. The highest BCUT2D eigenvalue weighted by Crippen LogP contribution is 2.28. The maximum Gasteiger partial charge on any atom is 0.224 e. The number of benzene rings is 1. The molecule has 112 valence electrons. The molecule has 1 amide bonds. The van der Waals surface area contributed by atoms with Gasteiger partial charge in [0.25, 0.3) is 0 Å². The highest BCUT2D eigenvalue weighted by atomic mass is 16.5. The van der Waals surface area contributed by atoms with Gasteiger partial charge in [-0.15, -0.1) is 0 Å². The molecule has 1 aromatic carbocycles. The van der Waals surface area contributed by atoms with Crippen LogP contribution in [-0.2, 0) is 17.8 Å². The van der Waals surface area contributed by atoms with Crippen molar-refractivity contribution in [1.82, 2.24) is 5.32 Å². The van der Waals surface area contributed by atoms with Gasteiger partial charge in [0.2, 0.25) is 5.91 Å². The summed E-state index contributed by atoms with van der Waals surface area (Å²) in [6.07, 6.45) is 1.96. The number of carbonyl (C=O) groups is 1. The lowest BCUT2D eigenvalue weighted by Gasteiger charge is -2.15. The van der Waals surface area contributed by atoms with Crippen molar-refractivity contribution in [3.63, 3.8) is 0 Å². The highest BCUT2D eigenvalue weighted by molar-refractivity contribution is 5.79. The molecule has 0 aliphatic heterocycles. The number of hydrogen-bond donors (Lipinski definition) is 1. The van der Waals surface area contributed by atoms with Crippen molar-refractivity contribution < 1.29 is 13.9 Å². The number of methoxy groups -OCH3 is 1. The number of furan rings is 1. The molecule has 0 radical (unpaired) electrons. The topological polar surface area (TPSA) is 51.5 Å². The predicted octanol–water partition coefficient (Wildman–Crippen LogP) is 3.07. The molecule has 1 aromatic heterocycles. The molecular formula is C17H21NO3. The largest absolute Gasteiger partial charge is 0.496 e. The zero-order valence-electron chi connectivity index (χ0n) is 12.9. The van der Waals surface area contributed by atoms with Crippen molar-refractivity contribution in [2.45, 2.75) is 33.7 Å². The second-order valence-electron chi connectivity index (χ2n) is 5.17. The Hall–Kier alpha value is -2.23. The minimum absolute atomic E-state index is 0.0153. The lowest BCUT2D eigenvalue weighted by Crippen LogP contribution is -2.24. The molecule has 4 heteroatoms. The lowest BCUT2D eigenvalue weighted by atomic mass is 9.96. The van der Waals surface area contributed by atoms with Crippen molar-refractivity contribution in [2.75, 3.05) is 7.11 Å². The van der Waals surface area contributed by atoms with Gasteiger partial charge in [0.05, 0.1) is 26.3 Å². The molecule has 0 aliphatic carbocycles. The van der Waals surface area contributed by atoms with Gasteiger partial charge in [-0.1, -0.05) is 6.07 Å². The predicted molar refractivity (Wildman–Crippen MR) is 81.5 cm³/mol. The fraction of sp³-hybridized carbons (Fsp3) is 0.353. The summed E-state index contributed by atoms with van der Waals surface area (Å²) in [6.45, 7) is 6.45. The molecule has 0 saturated carbocycles. The van der Waals surface area contributed by atoms with Crippen LogP contribution in [0.25, 0.3) is 0 Å². The smallest absolute Gasteiger partial charge is 0.224 e. The van der Waals surface area contributed by atoms with E-state index in [1.165, 1.54) is 0 Å². The first-order chi connectivity index (χ1) is 10.0. The Bertz CT molecular complexity index is 630. The summed E-state index contributed by atoms with van der Waals surface area (Å²) in [5.41, 5.74) is 4.27. The molecular weight excluding hydrogens is 266 g/mol. The molecule has 0 fully saturated rings. The number of amides is 1. The van der Waals surface area contributed by atoms with E-state index in [1.54, 1.807) is 13.4 Å². The Morgan fingerprint density at radius 2 is 2.05 bits per heavy atom. The van der Waals surface area contributed by atoms with E-state index in [1.807, 2.05) is 39.0 Å². The molecule has 1 heterocycles. The van der Waals surface area contributed by atoms with Crippen LogP contribution in [-0.4, -0.2) is 13.0 Å². The van der Waals surface area contributed by atoms with E-state index in [4.69, 9.17) is 9.15 Å². The van der Waals surface area contributed by atoms with E-state index < -0.39 is 0 Å². The van der Waals surface area contributed by atoms with Gasteiger partial charge in [-0.2, -0.15) is 0 Å². The van der Waals surface area contributed by atoms with Gasteiger partial charge in [0.1, 0.15) is 11.5 Å². The fourth-order valence-electron chi connectivity index (χ4n) is 2.47. The van der Waals surface area contributed by atoms with Crippen LogP contribution in [0.2, 0.25) is 0 Å². The number of hydrogen-bond acceptors (Lipinski definition) is 3. The number of aryl methyl sites for hydroxylation is 1. The number of rotatable bonds is 5. The number of ether oxygens (including phenoxy) is 1. The van der Waals surface area contributed by atoms with E-state index in [0.29, 0.717) is 13.0 Å². The van der Waals surface area contributed by atoms with Gasteiger partial charge in [-0.3, -0.25) is 4.79 Å². The molecule has 2 aromatic rings. The Morgan fingerprint density at radius 1 is 1.29 bits per heavy atom. The van der Waals surface area contributed by atoms with Crippen LogP contribution in [0.4, 0.5) is 0 Å². The quantitative estimate of drug-likeness (QED) is 0.919. The van der Waals surface area contributed by atoms with Gasteiger partial charge in [0, 0.05) is 0 Å². The average molecular weight is 287 g/mol. The van der Waals surface area contributed by atoms with E-state index in [2.05, 4.69) is 5.32 Å². The molecule has 0 spiro atoms. The molecule has 4 nitrogen and oxygen atoms in total. The Morgan fingerprint density at radius 3 is 2.67 bits per heavy atom. The van der Waals surface area contributed by atoms with Crippen LogP contribution in [0.5, 0.6) is 5.75 Å². The molecule has 0 aliphatic rings. The van der Waals surface area contributed by atoms with E-state index >= 15 is 0 Å². The van der Waals surface area contributed by atoms with Crippen molar-refractivity contribution in [2.24, 2.45) is 0 Å². The normalized spacial score (nSPS) is 10.5. The maximum atomic E-state index is 12.1. The van der Waals surface area contributed by atoms with Crippen molar-refractivity contribution in [1.29, 1.82) is 0 Å². The molecule has 2 rings (SSSR count). The summed E-state index contributed by atoms with van der Waals surface area (Å²) in [4.78, 5) is 12.1. The van der Waals surface area contributed by atoms with Crippen molar-refractivity contribution >= 4 is 5.91 Å². The summed E-state index contributed by atoms with van der Waals surface area (Å²) in [5.74, 6) is 1.63. The van der Waals surface area contributed by atoms with Gasteiger partial charge in [-0.05, 0) is 55.2 Å². The minimum Gasteiger partial charge on any atom is -0.496 e. The second kappa shape index (κ2) is 6.48. The fourth-order valence-corrected chi connectivity index (χ4v) is 2.47. The van der Waals surface area contributed by atoms with E-state index in [9.17, 15) is 4.79 Å². The van der Waals surface area contributed by atoms with E-state index in [-0.39, 0.29) is 5.91 Å². The SMILES string of the molecule is COc1c(C)cc(CC(=O)NCc2ccco2)c(C)c1C. The average Bonchev–Trinajstić information content (AvgIpc) is 2.96. The standard InChI is InChI=1S/C17H21NO3/c1-11-8-14(12(2)13(3)17(11)20-4)9-16(19)18-10-15-6-5-7-21-15/h5-8H,9-10H2,1-4H3,(H,18,19). The molecule has 0 saturated heterocycles. The first-order valence-corrected chi connectivity index (χ1v) is 6.95. The van der Waals surface area contributed by atoms with Crippen LogP contribution < -0.4 is 10.1 Å². The van der Waals surface area contributed by atoms with Gasteiger partial charge < -0.3 is 14.5 Å². The second-order valence-corrected chi connectivity index (χ2v) is 5.17. The zero-order chi connectivity index (χ0) is 15.4. The molecule has 0 unspecified atom stereocenters. The van der Waals surface area contributed by atoms with Crippen LogP contribution in [0.3, 0.4) is 0 Å². The monoisotopic (exact) mass is 287 g/mol. The first kappa shape index (κ1) is 15.2. The Kier molecular flexibility index (Phi) is 4.68. The van der Waals surface area contributed by atoms with Crippen LogP contribution >= 0.6 is 0 Å². The third kappa shape index (κ3) is 3.45. The van der Waals surface area contributed by atoms with Gasteiger partial charge in [0.15, 0.2) is 0 Å². The maximum absolute atomic E-state index is 12.1. The van der Waals surface area contributed by atoms with Gasteiger partial charge in [-0.25, -0.2) is 0 Å². The summed E-state index contributed by atoms with van der Waals surface area (Å²) in [6, 6.07) is 5.67. The summed E-state index contributed by atoms with van der Waals surface area (Å²) in [5, 5.41) is 2.86. The molecule has 1 N–H and O–H groups in total. The molecule has 0 bridgehead atoms. The third-order valence-corrected chi connectivity index (χ3v) is 3.73. The Balaban J connectivity index is 2.07. The zero-order valence-corrected chi connectivity index (χ0v) is 12.9. The molecule has 21 heavy (non-hydrogen) atoms. The Labute approximate surface area is 125 Å². The highest BCUT2D eigenvalue weighted by Gasteiger charge is 2.13. The summed E-state index contributed by atoms with van der Waals surface area (Å²) >= 11 is 0. The van der Waals surface area contributed by atoms with Crippen molar-refractivity contribution in [3.8, 4) is 5.75 Å². The van der Waals surface area contributed by atoms with Gasteiger partial charge >= 0.3 is 0 Å². The summed E-state index contributed by atoms with van der Waals surface area (Å²) < 4.78 is 10.6. The van der Waals surface area contributed by atoms with E-state index in [0.717, 1.165) is 33.8 Å². The lowest BCUT2D eigenvalue weighted by molar-refractivity contribution is -0.120. The molecule has 0 atom stereocenters. The van der Waals surface area contributed by atoms with Crippen LogP contribution in [0.1, 0.15) is 28.0 Å². The van der Waals surface area contributed by atoms with Crippen molar-refractivity contribution in [3.05, 3.63) is 52.5 Å². The van der Waals surface area contributed by atoms with Crippen LogP contribution in [0.15, 0.2) is 28.9 Å². The first-order valence-electron chi connectivity index (χ1n) is 6.95. The van der Waals surface area contributed by atoms with Crippen LogP contribution in [0, 0.1) is 20.8 Å².